The highest BCUT2D eigenvalue weighted by molar-refractivity contribution is 6.31. The van der Waals surface area contributed by atoms with Gasteiger partial charge in [-0.1, -0.05) is 18.5 Å². The Hall–Kier alpha value is -0.800. The number of piperidine rings is 1. The van der Waals surface area contributed by atoms with E-state index < -0.39 is 0 Å². The van der Waals surface area contributed by atoms with Crippen LogP contribution in [0.4, 0.5) is 5.82 Å². The van der Waals surface area contributed by atoms with Gasteiger partial charge in [0.15, 0.2) is 0 Å². The summed E-state index contributed by atoms with van der Waals surface area (Å²) in [5, 5.41) is 0.661. The van der Waals surface area contributed by atoms with Crippen molar-refractivity contribution in [1.29, 1.82) is 0 Å². The fraction of sp³-hybridized carbons (Fsp3) is 0.615. The third kappa shape index (κ3) is 2.72. The van der Waals surface area contributed by atoms with Crippen LogP contribution in [0.3, 0.4) is 0 Å². The van der Waals surface area contributed by atoms with Gasteiger partial charge in [-0.3, -0.25) is 0 Å². The highest BCUT2D eigenvalue weighted by Gasteiger charge is 2.24. The zero-order valence-corrected chi connectivity index (χ0v) is 11.2. The highest BCUT2D eigenvalue weighted by Crippen LogP contribution is 2.28. The van der Waals surface area contributed by atoms with Gasteiger partial charge in [-0.25, -0.2) is 4.98 Å². The van der Waals surface area contributed by atoms with Crippen LogP contribution < -0.4 is 10.6 Å². The highest BCUT2D eigenvalue weighted by atomic mass is 35.5. The van der Waals surface area contributed by atoms with Gasteiger partial charge in [-0.15, -0.1) is 0 Å². The van der Waals surface area contributed by atoms with Gasteiger partial charge < -0.3 is 10.6 Å². The van der Waals surface area contributed by atoms with Crippen LogP contribution >= 0.6 is 11.6 Å². The number of pyridine rings is 1. The molecule has 0 saturated carbocycles. The van der Waals surface area contributed by atoms with Crippen molar-refractivity contribution in [3.8, 4) is 0 Å². The summed E-state index contributed by atoms with van der Waals surface area (Å²) < 4.78 is 0. The monoisotopic (exact) mass is 253 g/mol. The van der Waals surface area contributed by atoms with Gasteiger partial charge in [-0.2, -0.15) is 0 Å². The summed E-state index contributed by atoms with van der Waals surface area (Å²) in [6.45, 7) is 6.08. The van der Waals surface area contributed by atoms with Crippen molar-refractivity contribution < 1.29 is 0 Å². The zero-order valence-electron chi connectivity index (χ0n) is 10.5. The van der Waals surface area contributed by atoms with Crippen molar-refractivity contribution in [3.63, 3.8) is 0 Å². The summed E-state index contributed by atoms with van der Waals surface area (Å²) >= 11 is 6.04. The molecule has 0 radical (unpaired) electrons. The minimum Gasteiger partial charge on any atom is -0.354 e. The van der Waals surface area contributed by atoms with Crippen LogP contribution in [-0.2, 0) is 6.54 Å². The summed E-state index contributed by atoms with van der Waals surface area (Å²) in [6.07, 6.45) is 4.24. The van der Waals surface area contributed by atoms with E-state index in [-0.39, 0.29) is 0 Å². The number of anilines is 1. The Labute approximate surface area is 108 Å². The summed E-state index contributed by atoms with van der Waals surface area (Å²) in [5.41, 5.74) is 6.65. The van der Waals surface area contributed by atoms with E-state index in [0.717, 1.165) is 23.8 Å². The number of rotatable bonds is 2. The predicted molar refractivity (Wildman–Crippen MR) is 72.3 cm³/mol. The molecule has 0 bridgehead atoms. The largest absolute Gasteiger partial charge is 0.354 e. The quantitative estimate of drug-likeness (QED) is 0.881. The van der Waals surface area contributed by atoms with Crippen molar-refractivity contribution in [3.05, 3.63) is 22.8 Å². The fourth-order valence-electron chi connectivity index (χ4n) is 2.39. The first-order valence-corrected chi connectivity index (χ1v) is 6.60. The topological polar surface area (TPSA) is 42.1 Å². The lowest BCUT2D eigenvalue weighted by Crippen LogP contribution is -2.41. The number of nitrogens with two attached hydrogens (primary N) is 1. The van der Waals surface area contributed by atoms with E-state index in [1.165, 1.54) is 12.8 Å². The molecule has 4 heteroatoms. The molecule has 1 saturated heterocycles. The van der Waals surface area contributed by atoms with Gasteiger partial charge in [0.05, 0.1) is 5.02 Å². The Kier molecular flexibility index (Phi) is 3.89. The smallest absolute Gasteiger partial charge is 0.129 e. The summed E-state index contributed by atoms with van der Waals surface area (Å²) in [5.74, 6) is 1.74. The van der Waals surface area contributed by atoms with Gasteiger partial charge in [-0.05, 0) is 37.3 Å². The van der Waals surface area contributed by atoms with Gasteiger partial charge >= 0.3 is 0 Å². The Morgan fingerprint density at radius 3 is 2.94 bits per heavy atom. The molecule has 1 fully saturated rings. The summed E-state index contributed by atoms with van der Waals surface area (Å²) in [4.78, 5) is 6.80. The standard InChI is InChI=1S/C13H20ClN3/c1-9-3-4-10(2)17(8-9)13-5-11(6-15)12(14)7-16-13/h5,7,9-10H,3-4,6,8,15H2,1-2H3. The number of hydrogen-bond acceptors (Lipinski definition) is 3. The van der Waals surface area contributed by atoms with E-state index in [1.807, 2.05) is 6.07 Å². The molecule has 0 amide bonds. The molecule has 0 aliphatic carbocycles. The van der Waals surface area contributed by atoms with E-state index in [4.69, 9.17) is 17.3 Å². The minimum atomic E-state index is 0.464. The lowest BCUT2D eigenvalue weighted by molar-refractivity contribution is 0.388. The molecule has 2 heterocycles. The molecular weight excluding hydrogens is 234 g/mol. The first-order valence-electron chi connectivity index (χ1n) is 6.23. The first kappa shape index (κ1) is 12.7. The van der Waals surface area contributed by atoms with Crippen LogP contribution in [0.1, 0.15) is 32.3 Å². The van der Waals surface area contributed by atoms with E-state index in [1.54, 1.807) is 6.20 Å². The number of halogens is 1. The van der Waals surface area contributed by atoms with Gasteiger partial charge in [0, 0.05) is 25.3 Å². The van der Waals surface area contributed by atoms with Crippen molar-refractivity contribution in [1.82, 2.24) is 4.98 Å². The first-order chi connectivity index (χ1) is 8.11. The molecule has 0 spiro atoms. The molecule has 17 heavy (non-hydrogen) atoms. The Bertz CT molecular complexity index is 394. The third-order valence-corrected chi connectivity index (χ3v) is 3.89. The second-order valence-corrected chi connectivity index (χ2v) is 5.43. The number of hydrogen-bond donors (Lipinski definition) is 1. The van der Waals surface area contributed by atoms with Gasteiger partial charge in [0.1, 0.15) is 5.82 Å². The molecule has 2 unspecified atom stereocenters. The van der Waals surface area contributed by atoms with Crippen LogP contribution in [0.5, 0.6) is 0 Å². The van der Waals surface area contributed by atoms with Crippen LogP contribution in [0.2, 0.25) is 5.02 Å². The molecule has 2 atom stereocenters. The van der Waals surface area contributed by atoms with Gasteiger partial charge in [0.2, 0.25) is 0 Å². The van der Waals surface area contributed by atoms with E-state index in [0.29, 0.717) is 17.6 Å². The van der Waals surface area contributed by atoms with E-state index >= 15 is 0 Å². The molecule has 0 aromatic carbocycles. The second-order valence-electron chi connectivity index (χ2n) is 5.02. The van der Waals surface area contributed by atoms with E-state index in [2.05, 4.69) is 23.7 Å². The third-order valence-electron chi connectivity index (χ3n) is 3.55. The molecule has 1 aliphatic rings. The second kappa shape index (κ2) is 5.23. The lowest BCUT2D eigenvalue weighted by atomic mass is 9.95. The van der Waals surface area contributed by atoms with Crippen molar-refractivity contribution in [2.75, 3.05) is 11.4 Å². The minimum absolute atomic E-state index is 0.464. The maximum Gasteiger partial charge on any atom is 0.129 e. The summed E-state index contributed by atoms with van der Waals surface area (Å²) in [6, 6.07) is 2.57. The molecule has 1 aromatic rings. The average Bonchev–Trinajstić information content (AvgIpc) is 2.33. The van der Waals surface area contributed by atoms with Crippen molar-refractivity contribution >= 4 is 17.4 Å². The van der Waals surface area contributed by atoms with Crippen LogP contribution in [0.15, 0.2) is 12.3 Å². The molecule has 1 aromatic heterocycles. The lowest BCUT2D eigenvalue weighted by Gasteiger charge is -2.37. The summed E-state index contributed by atoms with van der Waals surface area (Å²) in [7, 11) is 0. The predicted octanol–water partition coefficient (Wildman–Crippen LogP) is 2.82. The zero-order chi connectivity index (χ0) is 12.4. The molecule has 2 rings (SSSR count). The number of aromatic nitrogens is 1. The number of nitrogens with zero attached hydrogens (tertiary/aromatic N) is 2. The van der Waals surface area contributed by atoms with Crippen LogP contribution in [0.25, 0.3) is 0 Å². The molecule has 3 nitrogen and oxygen atoms in total. The Morgan fingerprint density at radius 1 is 1.47 bits per heavy atom. The maximum absolute atomic E-state index is 6.04. The average molecular weight is 254 g/mol. The fourth-order valence-corrected chi connectivity index (χ4v) is 2.57. The molecule has 2 N–H and O–H groups in total. The van der Waals surface area contributed by atoms with Crippen molar-refractivity contribution in [2.45, 2.75) is 39.3 Å². The molecule has 1 aliphatic heterocycles. The van der Waals surface area contributed by atoms with E-state index in [9.17, 15) is 0 Å². The van der Waals surface area contributed by atoms with Crippen LogP contribution in [-0.4, -0.2) is 17.6 Å². The van der Waals surface area contributed by atoms with Crippen molar-refractivity contribution in [2.24, 2.45) is 11.7 Å². The normalized spacial score (nSPS) is 25.1. The van der Waals surface area contributed by atoms with Crippen LogP contribution in [0, 0.1) is 5.92 Å². The Balaban J connectivity index is 2.26. The molecule has 94 valence electrons. The van der Waals surface area contributed by atoms with Gasteiger partial charge in [0.25, 0.3) is 0 Å². The molecular formula is C13H20ClN3. The Morgan fingerprint density at radius 2 is 2.24 bits per heavy atom. The SMILES string of the molecule is CC1CCC(C)N(c2cc(CN)c(Cl)cn2)C1. The maximum atomic E-state index is 6.04.